The van der Waals surface area contributed by atoms with Crippen LogP contribution in [-0.2, 0) is 0 Å². The maximum absolute atomic E-state index is 11.7. The highest BCUT2D eigenvalue weighted by molar-refractivity contribution is 5.94. The molecule has 0 saturated heterocycles. The summed E-state index contributed by atoms with van der Waals surface area (Å²) in [7, 11) is 0. The first-order valence-corrected chi connectivity index (χ1v) is 5.63. The lowest BCUT2D eigenvalue weighted by atomic mass is 10.2. The molecule has 0 aliphatic rings. The van der Waals surface area contributed by atoms with E-state index in [1.54, 1.807) is 24.3 Å². The van der Waals surface area contributed by atoms with Crippen molar-refractivity contribution in [3.63, 3.8) is 0 Å². The maximum atomic E-state index is 11.7. The predicted molar refractivity (Wildman–Crippen MR) is 72.4 cm³/mol. The van der Waals surface area contributed by atoms with Crippen LogP contribution in [0.2, 0.25) is 0 Å². The molecular formula is C11H15ClN6O. The quantitative estimate of drug-likeness (QED) is 0.761. The zero-order valence-corrected chi connectivity index (χ0v) is 11.0. The summed E-state index contributed by atoms with van der Waals surface area (Å²) in [6.07, 6.45) is 2.27. The summed E-state index contributed by atoms with van der Waals surface area (Å²) in [5, 5.41) is 13.6. The minimum Gasteiger partial charge on any atom is -0.352 e. The van der Waals surface area contributed by atoms with Crippen molar-refractivity contribution in [2.24, 2.45) is 5.73 Å². The SMILES string of the molecule is Cl.NCCCNC(=O)c1ccc(-n2cnnn2)cc1. The van der Waals surface area contributed by atoms with Gasteiger partial charge in [0.2, 0.25) is 0 Å². The first-order chi connectivity index (χ1) is 8.81. The summed E-state index contributed by atoms with van der Waals surface area (Å²) in [5.41, 5.74) is 6.76. The molecule has 0 saturated carbocycles. The van der Waals surface area contributed by atoms with Gasteiger partial charge in [-0.15, -0.1) is 17.5 Å². The number of hydrogen-bond acceptors (Lipinski definition) is 5. The van der Waals surface area contributed by atoms with Gasteiger partial charge < -0.3 is 11.1 Å². The fourth-order valence-electron chi connectivity index (χ4n) is 1.45. The van der Waals surface area contributed by atoms with Crippen molar-refractivity contribution in [2.45, 2.75) is 6.42 Å². The lowest BCUT2D eigenvalue weighted by Gasteiger charge is -2.05. The van der Waals surface area contributed by atoms with E-state index < -0.39 is 0 Å². The Bertz CT molecular complexity index is 498. The van der Waals surface area contributed by atoms with E-state index in [0.717, 1.165) is 12.1 Å². The summed E-state index contributed by atoms with van der Waals surface area (Å²) in [6, 6.07) is 7.03. The molecular weight excluding hydrogens is 268 g/mol. The zero-order valence-electron chi connectivity index (χ0n) is 10.2. The van der Waals surface area contributed by atoms with E-state index in [2.05, 4.69) is 20.8 Å². The van der Waals surface area contributed by atoms with Crippen LogP contribution < -0.4 is 11.1 Å². The molecule has 2 aromatic rings. The van der Waals surface area contributed by atoms with E-state index in [9.17, 15) is 4.79 Å². The molecule has 1 heterocycles. The van der Waals surface area contributed by atoms with Gasteiger partial charge in [-0.25, -0.2) is 4.68 Å². The minimum atomic E-state index is -0.105. The van der Waals surface area contributed by atoms with Gasteiger partial charge in [-0.3, -0.25) is 4.79 Å². The largest absolute Gasteiger partial charge is 0.352 e. The molecule has 19 heavy (non-hydrogen) atoms. The normalized spacial score (nSPS) is 9.74. The van der Waals surface area contributed by atoms with E-state index in [0.29, 0.717) is 18.7 Å². The number of nitrogens with one attached hydrogen (secondary N) is 1. The standard InChI is InChI=1S/C11H14N6O.ClH/c12-6-1-7-13-11(18)9-2-4-10(5-3-9)17-8-14-15-16-17;/h2-5,8H,1,6-7,12H2,(H,13,18);1H. The third kappa shape index (κ3) is 4.01. The second-order valence-electron chi connectivity index (χ2n) is 3.70. The molecule has 8 heteroatoms. The van der Waals surface area contributed by atoms with Gasteiger partial charge in [0.05, 0.1) is 5.69 Å². The minimum absolute atomic E-state index is 0. The van der Waals surface area contributed by atoms with E-state index in [1.807, 2.05) is 0 Å². The van der Waals surface area contributed by atoms with Crippen LogP contribution in [0, 0.1) is 0 Å². The van der Waals surface area contributed by atoms with Gasteiger partial charge in [0, 0.05) is 12.1 Å². The van der Waals surface area contributed by atoms with Crippen molar-refractivity contribution in [3.05, 3.63) is 36.2 Å². The van der Waals surface area contributed by atoms with Crippen LogP contribution in [0.1, 0.15) is 16.8 Å². The number of tetrazole rings is 1. The number of rotatable bonds is 5. The van der Waals surface area contributed by atoms with Gasteiger partial charge in [0.1, 0.15) is 6.33 Å². The monoisotopic (exact) mass is 282 g/mol. The molecule has 3 N–H and O–H groups in total. The number of nitrogens with two attached hydrogens (primary N) is 1. The van der Waals surface area contributed by atoms with Crippen molar-refractivity contribution in [1.29, 1.82) is 0 Å². The highest BCUT2D eigenvalue weighted by atomic mass is 35.5. The smallest absolute Gasteiger partial charge is 0.251 e. The molecule has 0 aliphatic carbocycles. The second-order valence-corrected chi connectivity index (χ2v) is 3.70. The third-order valence-corrected chi connectivity index (χ3v) is 2.41. The van der Waals surface area contributed by atoms with Gasteiger partial charge in [0.25, 0.3) is 5.91 Å². The van der Waals surface area contributed by atoms with Crippen molar-refractivity contribution in [1.82, 2.24) is 25.5 Å². The van der Waals surface area contributed by atoms with E-state index in [4.69, 9.17) is 5.73 Å². The molecule has 0 radical (unpaired) electrons. The Labute approximate surface area is 116 Å². The van der Waals surface area contributed by atoms with Crippen molar-refractivity contribution < 1.29 is 4.79 Å². The van der Waals surface area contributed by atoms with Gasteiger partial charge >= 0.3 is 0 Å². The molecule has 0 atom stereocenters. The Balaban J connectivity index is 0.00000180. The van der Waals surface area contributed by atoms with Crippen LogP contribution >= 0.6 is 12.4 Å². The topological polar surface area (TPSA) is 98.7 Å². The van der Waals surface area contributed by atoms with E-state index >= 15 is 0 Å². The summed E-state index contributed by atoms with van der Waals surface area (Å²) in [4.78, 5) is 11.7. The summed E-state index contributed by atoms with van der Waals surface area (Å²) < 4.78 is 1.52. The van der Waals surface area contributed by atoms with Crippen LogP contribution in [0.5, 0.6) is 0 Å². The average molecular weight is 283 g/mol. The number of carbonyl (C=O) groups excluding carboxylic acids is 1. The molecule has 0 unspecified atom stereocenters. The number of halogens is 1. The Kier molecular flexibility index (Phi) is 5.91. The number of benzene rings is 1. The van der Waals surface area contributed by atoms with Crippen LogP contribution in [0.15, 0.2) is 30.6 Å². The summed E-state index contributed by atoms with van der Waals surface area (Å²) >= 11 is 0. The molecule has 7 nitrogen and oxygen atoms in total. The molecule has 1 amide bonds. The molecule has 0 aliphatic heterocycles. The molecule has 2 rings (SSSR count). The van der Waals surface area contributed by atoms with Gasteiger partial charge in [0.15, 0.2) is 0 Å². The van der Waals surface area contributed by atoms with Crippen molar-refractivity contribution in [3.8, 4) is 5.69 Å². The van der Waals surface area contributed by atoms with Gasteiger partial charge in [-0.05, 0) is 47.7 Å². The number of aromatic nitrogens is 4. The van der Waals surface area contributed by atoms with E-state index in [1.165, 1.54) is 11.0 Å². The van der Waals surface area contributed by atoms with Crippen LogP contribution in [0.25, 0.3) is 5.69 Å². The first-order valence-electron chi connectivity index (χ1n) is 5.63. The highest BCUT2D eigenvalue weighted by Gasteiger charge is 2.05. The summed E-state index contributed by atoms with van der Waals surface area (Å²) in [6.45, 7) is 1.16. The Morgan fingerprint density at radius 2 is 2.05 bits per heavy atom. The number of hydrogen-bond donors (Lipinski definition) is 2. The van der Waals surface area contributed by atoms with Crippen molar-refractivity contribution >= 4 is 18.3 Å². The van der Waals surface area contributed by atoms with Gasteiger partial charge in [-0.1, -0.05) is 0 Å². The number of nitrogens with zero attached hydrogens (tertiary/aromatic N) is 4. The first kappa shape index (κ1) is 15.1. The second kappa shape index (κ2) is 7.45. The van der Waals surface area contributed by atoms with E-state index in [-0.39, 0.29) is 18.3 Å². The third-order valence-electron chi connectivity index (χ3n) is 2.41. The Morgan fingerprint density at radius 3 is 2.63 bits per heavy atom. The maximum Gasteiger partial charge on any atom is 0.251 e. The number of amides is 1. The molecule has 0 spiro atoms. The lowest BCUT2D eigenvalue weighted by Crippen LogP contribution is -2.25. The number of carbonyl (C=O) groups is 1. The molecule has 102 valence electrons. The average Bonchev–Trinajstić information content (AvgIpc) is 2.93. The molecule has 1 aromatic carbocycles. The highest BCUT2D eigenvalue weighted by Crippen LogP contribution is 2.07. The van der Waals surface area contributed by atoms with Crippen LogP contribution in [-0.4, -0.2) is 39.2 Å². The fraction of sp³-hybridized carbons (Fsp3) is 0.273. The van der Waals surface area contributed by atoms with Crippen molar-refractivity contribution in [2.75, 3.05) is 13.1 Å². The predicted octanol–water partition coefficient (Wildman–Crippen LogP) is 0.163. The molecule has 0 bridgehead atoms. The van der Waals surface area contributed by atoms with Crippen LogP contribution in [0.3, 0.4) is 0 Å². The Morgan fingerprint density at radius 1 is 1.32 bits per heavy atom. The Hall–Kier alpha value is -1.99. The molecule has 1 aromatic heterocycles. The summed E-state index contributed by atoms with van der Waals surface area (Å²) in [5.74, 6) is -0.105. The van der Waals surface area contributed by atoms with Crippen LogP contribution in [0.4, 0.5) is 0 Å². The van der Waals surface area contributed by atoms with Gasteiger partial charge in [-0.2, -0.15) is 0 Å². The fourth-order valence-corrected chi connectivity index (χ4v) is 1.45. The lowest BCUT2D eigenvalue weighted by molar-refractivity contribution is 0.0953. The molecule has 0 fully saturated rings. The zero-order chi connectivity index (χ0) is 12.8.